The van der Waals surface area contributed by atoms with Crippen molar-refractivity contribution in [1.82, 2.24) is 24.6 Å². The largest absolute Gasteiger partial charge is 0.472 e. The Balaban J connectivity index is 1.19. The number of rotatable bonds is 3. The van der Waals surface area contributed by atoms with E-state index in [-0.39, 0.29) is 0 Å². The maximum absolute atomic E-state index is 13.0. The Morgan fingerprint density at radius 1 is 1.07 bits per heavy atom. The number of fused-ring (bicyclic) bond motifs is 3. The van der Waals surface area contributed by atoms with Crippen molar-refractivity contribution in [1.29, 1.82) is 0 Å². The number of aromatic nitrogens is 4. The van der Waals surface area contributed by atoms with Crippen molar-refractivity contribution < 1.29 is 9.13 Å². The van der Waals surface area contributed by atoms with E-state index in [1.807, 2.05) is 41.3 Å². The third-order valence-electron chi connectivity index (χ3n) is 5.75. The van der Waals surface area contributed by atoms with Crippen LogP contribution in [0.25, 0.3) is 16.9 Å². The first-order valence-electron chi connectivity index (χ1n) is 9.51. The molecule has 3 aromatic heterocycles. The molecule has 0 N–H and O–H groups in total. The number of alkyl halides is 1. The average molecular weight is 378 g/mol. The molecule has 3 aliphatic rings. The fourth-order valence-electron chi connectivity index (χ4n) is 4.03. The fourth-order valence-corrected chi connectivity index (χ4v) is 4.03. The molecule has 7 nitrogen and oxygen atoms in total. The maximum atomic E-state index is 13.0. The van der Waals surface area contributed by atoms with Crippen LogP contribution >= 0.6 is 0 Å². The molecule has 0 saturated carbocycles. The van der Waals surface area contributed by atoms with Gasteiger partial charge < -0.3 is 9.64 Å². The maximum Gasteiger partial charge on any atom is 0.223 e. The molecule has 0 radical (unpaired) electrons. The van der Waals surface area contributed by atoms with E-state index >= 15 is 0 Å². The minimum absolute atomic E-state index is 0.458. The Morgan fingerprint density at radius 3 is 2.75 bits per heavy atom. The predicted molar refractivity (Wildman–Crippen MR) is 101 cm³/mol. The Kier molecular flexibility index (Phi) is 3.43. The molecule has 28 heavy (non-hydrogen) atoms. The van der Waals surface area contributed by atoms with Crippen molar-refractivity contribution in [3.63, 3.8) is 0 Å². The van der Waals surface area contributed by atoms with Crippen LogP contribution < -0.4 is 9.64 Å². The first-order valence-corrected chi connectivity index (χ1v) is 9.51. The van der Waals surface area contributed by atoms with E-state index in [2.05, 4.69) is 19.8 Å². The number of halogens is 1. The first-order chi connectivity index (χ1) is 13.7. The molecule has 2 fully saturated rings. The lowest BCUT2D eigenvalue weighted by atomic mass is 10.0. The van der Waals surface area contributed by atoms with Gasteiger partial charge in [0.2, 0.25) is 5.88 Å². The van der Waals surface area contributed by atoms with E-state index in [9.17, 15) is 4.39 Å². The van der Waals surface area contributed by atoms with E-state index in [1.165, 1.54) is 0 Å². The molecule has 6 heterocycles. The van der Waals surface area contributed by atoms with Gasteiger partial charge >= 0.3 is 0 Å². The number of ether oxygens (including phenoxy) is 1. The van der Waals surface area contributed by atoms with Crippen molar-refractivity contribution in [3.8, 4) is 22.8 Å². The molecule has 3 aliphatic heterocycles. The van der Waals surface area contributed by atoms with Crippen LogP contribution in [0, 0.1) is 0 Å². The summed E-state index contributed by atoms with van der Waals surface area (Å²) in [5.41, 5.74) is 3.77. The summed E-state index contributed by atoms with van der Waals surface area (Å²) in [6, 6.07) is 8.37. The Hall–Kier alpha value is -3.00. The quantitative estimate of drug-likeness (QED) is 0.695. The summed E-state index contributed by atoms with van der Waals surface area (Å²) in [6.45, 7) is 3.46. The zero-order valence-electron chi connectivity index (χ0n) is 15.2. The van der Waals surface area contributed by atoms with Gasteiger partial charge in [-0.05, 0) is 24.3 Å². The monoisotopic (exact) mass is 378 g/mol. The number of anilines is 1. The van der Waals surface area contributed by atoms with Gasteiger partial charge in [-0.2, -0.15) is 5.10 Å². The van der Waals surface area contributed by atoms with Crippen LogP contribution in [0.4, 0.5) is 10.2 Å². The highest BCUT2D eigenvalue weighted by atomic mass is 19.1. The summed E-state index contributed by atoms with van der Waals surface area (Å²) < 4.78 is 20.5. The van der Waals surface area contributed by atoms with Gasteiger partial charge in [-0.3, -0.25) is 4.90 Å². The Bertz CT molecular complexity index is 1020. The standard InChI is InChI=1S/C20H19FN6O/c21-14-8-25(9-14)16-10-26(11-16)18-4-3-15(6-23-18)27-7-13-12-28-20-17(19(13)24-27)2-1-5-22-20/h1-7,14,16H,8-12H2. The van der Waals surface area contributed by atoms with Crippen molar-refractivity contribution in [2.45, 2.75) is 18.8 Å². The third kappa shape index (κ3) is 2.48. The summed E-state index contributed by atoms with van der Waals surface area (Å²) in [7, 11) is 0. The van der Waals surface area contributed by atoms with Crippen LogP contribution in [-0.4, -0.2) is 63.0 Å². The molecule has 0 spiro atoms. The highest BCUT2D eigenvalue weighted by molar-refractivity contribution is 5.69. The normalized spacial score (nSPS) is 19.4. The van der Waals surface area contributed by atoms with Crippen LogP contribution in [-0.2, 0) is 6.61 Å². The molecule has 0 atom stereocenters. The van der Waals surface area contributed by atoms with Crippen LogP contribution in [0.1, 0.15) is 5.56 Å². The van der Waals surface area contributed by atoms with E-state index in [4.69, 9.17) is 9.84 Å². The summed E-state index contributed by atoms with van der Waals surface area (Å²) in [5.74, 6) is 1.58. The highest BCUT2D eigenvalue weighted by Gasteiger charge is 2.39. The summed E-state index contributed by atoms with van der Waals surface area (Å²) >= 11 is 0. The van der Waals surface area contributed by atoms with Crippen LogP contribution in [0.3, 0.4) is 0 Å². The second-order valence-electron chi connectivity index (χ2n) is 7.58. The van der Waals surface area contributed by atoms with Crippen LogP contribution in [0.5, 0.6) is 5.88 Å². The smallest absolute Gasteiger partial charge is 0.223 e. The molecule has 8 heteroatoms. The molecular formula is C20H19FN6O. The number of likely N-dealkylation sites (tertiary alicyclic amines) is 1. The molecule has 0 amide bonds. The van der Waals surface area contributed by atoms with Crippen molar-refractivity contribution in [2.24, 2.45) is 0 Å². The lowest BCUT2D eigenvalue weighted by Gasteiger charge is -2.50. The first kappa shape index (κ1) is 16.0. The zero-order chi connectivity index (χ0) is 18.7. The summed E-state index contributed by atoms with van der Waals surface area (Å²) in [6.07, 6.45) is 4.91. The highest BCUT2D eigenvalue weighted by Crippen LogP contribution is 2.35. The second-order valence-corrected chi connectivity index (χ2v) is 7.58. The fraction of sp³-hybridized carbons (Fsp3) is 0.350. The Labute approximate surface area is 161 Å². The topological polar surface area (TPSA) is 59.3 Å². The van der Waals surface area contributed by atoms with E-state index in [1.54, 1.807) is 6.20 Å². The molecule has 0 aromatic carbocycles. The van der Waals surface area contributed by atoms with E-state index < -0.39 is 6.17 Å². The third-order valence-corrected chi connectivity index (χ3v) is 5.75. The van der Waals surface area contributed by atoms with Gasteiger partial charge in [0, 0.05) is 50.2 Å². The van der Waals surface area contributed by atoms with Gasteiger partial charge in [0.25, 0.3) is 0 Å². The number of pyridine rings is 2. The van der Waals surface area contributed by atoms with Gasteiger partial charge in [-0.1, -0.05) is 0 Å². The van der Waals surface area contributed by atoms with Gasteiger partial charge in [-0.25, -0.2) is 19.0 Å². The Morgan fingerprint density at radius 2 is 1.96 bits per heavy atom. The van der Waals surface area contributed by atoms with Gasteiger partial charge in [0.05, 0.1) is 17.4 Å². The number of nitrogens with zero attached hydrogens (tertiary/aromatic N) is 6. The van der Waals surface area contributed by atoms with Crippen molar-refractivity contribution >= 4 is 5.82 Å². The second kappa shape index (κ2) is 6.00. The predicted octanol–water partition coefficient (Wildman–Crippen LogP) is 2.06. The van der Waals surface area contributed by atoms with Gasteiger partial charge in [0.15, 0.2) is 0 Å². The molecular weight excluding hydrogens is 359 g/mol. The number of hydrogen-bond acceptors (Lipinski definition) is 6. The minimum Gasteiger partial charge on any atom is -0.472 e. The van der Waals surface area contributed by atoms with Crippen molar-refractivity contribution in [2.75, 3.05) is 31.1 Å². The molecule has 6 rings (SSSR count). The summed E-state index contributed by atoms with van der Waals surface area (Å²) in [5, 5.41) is 4.73. The van der Waals surface area contributed by atoms with Crippen molar-refractivity contribution in [3.05, 3.63) is 48.4 Å². The lowest BCUT2D eigenvalue weighted by molar-refractivity contribution is 0.0170. The molecule has 0 bridgehead atoms. The SMILES string of the molecule is FC1CN(C2CN(c3ccc(-n4cc5c(n4)-c4cccnc4OC5)cn3)C2)C1. The van der Waals surface area contributed by atoms with E-state index in [0.29, 0.717) is 31.6 Å². The molecule has 2 saturated heterocycles. The molecule has 0 aliphatic carbocycles. The molecule has 3 aromatic rings. The molecule has 142 valence electrons. The zero-order valence-corrected chi connectivity index (χ0v) is 15.2. The van der Waals surface area contributed by atoms with Gasteiger partial charge in [-0.15, -0.1) is 0 Å². The van der Waals surface area contributed by atoms with Crippen LogP contribution in [0.15, 0.2) is 42.9 Å². The number of hydrogen-bond donors (Lipinski definition) is 0. The minimum atomic E-state index is -0.639. The lowest BCUT2D eigenvalue weighted by Crippen LogP contribution is -2.66. The van der Waals surface area contributed by atoms with Gasteiger partial charge in [0.1, 0.15) is 24.3 Å². The van der Waals surface area contributed by atoms with E-state index in [0.717, 1.165) is 41.4 Å². The summed E-state index contributed by atoms with van der Waals surface area (Å²) in [4.78, 5) is 13.3. The molecule has 0 unspecified atom stereocenters. The average Bonchev–Trinajstić information content (AvgIpc) is 3.11. The van der Waals surface area contributed by atoms with Crippen LogP contribution in [0.2, 0.25) is 0 Å².